The molecule has 1 N–H and O–H groups in total. The Labute approximate surface area is 165 Å². The van der Waals surface area contributed by atoms with Crippen LogP contribution in [-0.2, 0) is 6.42 Å². The molecule has 1 aromatic heterocycles. The number of piperidine rings is 1. The Hall–Kier alpha value is -3.21. The number of benzene rings is 2. The predicted molar refractivity (Wildman–Crippen MR) is 111 cm³/mol. The number of anilines is 2. The van der Waals surface area contributed by atoms with Gasteiger partial charge < -0.3 is 10.2 Å². The predicted octanol–water partition coefficient (Wildman–Crippen LogP) is 4.32. The standard InChI is InChI=1S/C23H24N4O/c28-23(21-16-25-22(17-24-21)26-20-9-5-2-6-10-20)27-13-11-19(12-14-27)15-18-7-3-1-4-8-18/h1-10,16-17,19H,11-15H2,(H,25,26). The summed E-state index contributed by atoms with van der Waals surface area (Å²) in [6.45, 7) is 1.56. The maximum absolute atomic E-state index is 12.7. The molecule has 0 spiro atoms. The molecule has 2 aromatic carbocycles. The van der Waals surface area contributed by atoms with Crippen LogP contribution in [0, 0.1) is 5.92 Å². The Morgan fingerprint density at radius 2 is 1.61 bits per heavy atom. The summed E-state index contributed by atoms with van der Waals surface area (Å²) < 4.78 is 0. The zero-order valence-electron chi connectivity index (χ0n) is 15.8. The molecule has 28 heavy (non-hydrogen) atoms. The second-order valence-corrected chi connectivity index (χ2v) is 7.20. The Balaban J connectivity index is 1.31. The highest BCUT2D eigenvalue weighted by Crippen LogP contribution is 2.22. The first-order chi connectivity index (χ1) is 13.8. The van der Waals surface area contributed by atoms with Crippen LogP contribution in [0.1, 0.15) is 28.9 Å². The molecule has 3 aromatic rings. The number of carbonyl (C=O) groups excluding carboxylic acids is 1. The summed E-state index contributed by atoms with van der Waals surface area (Å²) in [5.41, 5.74) is 2.72. The minimum Gasteiger partial charge on any atom is -0.339 e. The number of rotatable bonds is 5. The number of likely N-dealkylation sites (tertiary alicyclic amines) is 1. The SMILES string of the molecule is O=C(c1cnc(Nc2ccccc2)cn1)N1CCC(Cc2ccccc2)CC1. The lowest BCUT2D eigenvalue weighted by molar-refractivity contribution is 0.0684. The van der Waals surface area contributed by atoms with E-state index >= 15 is 0 Å². The first-order valence-corrected chi connectivity index (χ1v) is 9.75. The van der Waals surface area contributed by atoms with Crippen LogP contribution in [0.3, 0.4) is 0 Å². The molecule has 142 valence electrons. The van der Waals surface area contributed by atoms with Gasteiger partial charge in [-0.3, -0.25) is 4.79 Å². The summed E-state index contributed by atoms with van der Waals surface area (Å²) in [5.74, 6) is 1.23. The van der Waals surface area contributed by atoms with E-state index in [1.165, 1.54) is 5.56 Å². The smallest absolute Gasteiger partial charge is 0.274 e. The summed E-state index contributed by atoms with van der Waals surface area (Å²) in [5, 5.41) is 3.18. The minimum absolute atomic E-state index is 0.0306. The Kier molecular flexibility index (Phi) is 5.61. The summed E-state index contributed by atoms with van der Waals surface area (Å²) >= 11 is 0. The van der Waals surface area contributed by atoms with Crippen LogP contribution in [0.15, 0.2) is 73.1 Å². The normalized spacial score (nSPS) is 14.6. The van der Waals surface area contributed by atoms with Crippen LogP contribution >= 0.6 is 0 Å². The van der Waals surface area contributed by atoms with Crippen LogP contribution < -0.4 is 5.32 Å². The molecule has 5 heteroatoms. The maximum atomic E-state index is 12.7. The van der Waals surface area contributed by atoms with E-state index in [-0.39, 0.29) is 5.91 Å². The number of nitrogens with one attached hydrogen (secondary N) is 1. The second-order valence-electron chi connectivity index (χ2n) is 7.20. The van der Waals surface area contributed by atoms with E-state index in [1.54, 1.807) is 12.4 Å². The van der Waals surface area contributed by atoms with Crippen molar-refractivity contribution in [1.82, 2.24) is 14.9 Å². The van der Waals surface area contributed by atoms with Crippen molar-refractivity contribution in [2.45, 2.75) is 19.3 Å². The average molecular weight is 372 g/mol. The third-order valence-electron chi connectivity index (χ3n) is 5.19. The van der Waals surface area contributed by atoms with Crippen molar-refractivity contribution in [1.29, 1.82) is 0 Å². The maximum Gasteiger partial charge on any atom is 0.274 e. The van der Waals surface area contributed by atoms with Gasteiger partial charge >= 0.3 is 0 Å². The van der Waals surface area contributed by atoms with E-state index in [0.717, 1.165) is 38.0 Å². The molecule has 0 aliphatic carbocycles. The van der Waals surface area contributed by atoms with Crippen molar-refractivity contribution in [3.8, 4) is 0 Å². The Morgan fingerprint density at radius 1 is 0.929 bits per heavy atom. The number of hydrogen-bond acceptors (Lipinski definition) is 4. The molecule has 1 saturated heterocycles. The fourth-order valence-corrected chi connectivity index (χ4v) is 3.62. The van der Waals surface area contributed by atoms with Gasteiger partial charge in [-0.15, -0.1) is 0 Å². The third kappa shape index (κ3) is 4.55. The van der Waals surface area contributed by atoms with Crippen LogP contribution in [0.2, 0.25) is 0 Å². The molecule has 0 bridgehead atoms. The highest BCUT2D eigenvalue weighted by molar-refractivity contribution is 5.92. The number of hydrogen-bond donors (Lipinski definition) is 1. The lowest BCUT2D eigenvalue weighted by Crippen LogP contribution is -2.39. The average Bonchev–Trinajstić information content (AvgIpc) is 2.76. The fraction of sp³-hybridized carbons (Fsp3) is 0.261. The van der Waals surface area contributed by atoms with Crippen molar-refractivity contribution in [3.63, 3.8) is 0 Å². The number of para-hydroxylation sites is 1. The molecule has 1 aliphatic heterocycles. The number of nitrogens with zero attached hydrogens (tertiary/aromatic N) is 3. The quantitative estimate of drug-likeness (QED) is 0.725. The summed E-state index contributed by atoms with van der Waals surface area (Å²) in [6, 6.07) is 20.4. The van der Waals surface area contributed by atoms with Gasteiger partial charge in [0.25, 0.3) is 5.91 Å². The van der Waals surface area contributed by atoms with Crippen molar-refractivity contribution in [2.75, 3.05) is 18.4 Å². The second kappa shape index (κ2) is 8.65. The lowest BCUT2D eigenvalue weighted by atomic mass is 9.90. The largest absolute Gasteiger partial charge is 0.339 e. The van der Waals surface area contributed by atoms with Crippen molar-refractivity contribution in [2.24, 2.45) is 5.92 Å². The van der Waals surface area contributed by atoms with Crippen LogP contribution in [0.25, 0.3) is 0 Å². The van der Waals surface area contributed by atoms with Gasteiger partial charge in [0.05, 0.1) is 12.4 Å². The van der Waals surface area contributed by atoms with Gasteiger partial charge in [-0.1, -0.05) is 48.5 Å². The summed E-state index contributed by atoms with van der Waals surface area (Å²) in [4.78, 5) is 23.3. The number of aromatic nitrogens is 2. The molecule has 1 aliphatic rings. The molecular formula is C23H24N4O. The van der Waals surface area contributed by atoms with Gasteiger partial charge in [0.2, 0.25) is 0 Å². The van der Waals surface area contributed by atoms with E-state index in [0.29, 0.717) is 17.4 Å². The van der Waals surface area contributed by atoms with E-state index in [1.807, 2.05) is 41.3 Å². The molecule has 4 rings (SSSR count). The lowest BCUT2D eigenvalue weighted by Gasteiger charge is -2.31. The van der Waals surface area contributed by atoms with Gasteiger partial charge in [-0.05, 0) is 42.9 Å². The van der Waals surface area contributed by atoms with E-state index in [4.69, 9.17) is 0 Å². The highest BCUT2D eigenvalue weighted by atomic mass is 16.2. The topological polar surface area (TPSA) is 58.1 Å². The van der Waals surface area contributed by atoms with Crippen molar-refractivity contribution >= 4 is 17.4 Å². The highest BCUT2D eigenvalue weighted by Gasteiger charge is 2.24. The minimum atomic E-state index is -0.0306. The molecular weight excluding hydrogens is 348 g/mol. The summed E-state index contributed by atoms with van der Waals surface area (Å²) in [6.07, 6.45) is 6.32. The molecule has 1 amide bonds. The van der Waals surface area contributed by atoms with E-state index in [2.05, 4.69) is 39.6 Å². The molecule has 0 atom stereocenters. The van der Waals surface area contributed by atoms with Crippen molar-refractivity contribution < 1.29 is 4.79 Å². The fourth-order valence-electron chi connectivity index (χ4n) is 3.62. The first-order valence-electron chi connectivity index (χ1n) is 9.75. The van der Waals surface area contributed by atoms with Gasteiger partial charge in [-0.2, -0.15) is 0 Å². The summed E-state index contributed by atoms with van der Waals surface area (Å²) in [7, 11) is 0. The van der Waals surface area contributed by atoms with Crippen LogP contribution in [0.5, 0.6) is 0 Å². The number of amides is 1. The van der Waals surface area contributed by atoms with E-state index in [9.17, 15) is 4.79 Å². The van der Waals surface area contributed by atoms with Crippen molar-refractivity contribution in [3.05, 3.63) is 84.3 Å². The van der Waals surface area contributed by atoms with Gasteiger partial charge in [-0.25, -0.2) is 9.97 Å². The van der Waals surface area contributed by atoms with Gasteiger partial charge in [0.15, 0.2) is 0 Å². The Bertz CT molecular complexity index is 889. The van der Waals surface area contributed by atoms with Crippen LogP contribution in [0.4, 0.5) is 11.5 Å². The Morgan fingerprint density at radius 3 is 2.25 bits per heavy atom. The molecule has 0 radical (unpaired) electrons. The van der Waals surface area contributed by atoms with Gasteiger partial charge in [0, 0.05) is 18.8 Å². The molecule has 5 nitrogen and oxygen atoms in total. The molecule has 2 heterocycles. The van der Waals surface area contributed by atoms with E-state index < -0.39 is 0 Å². The zero-order chi connectivity index (χ0) is 19.2. The molecule has 0 unspecified atom stereocenters. The third-order valence-corrected chi connectivity index (χ3v) is 5.19. The molecule has 1 fully saturated rings. The monoisotopic (exact) mass is 372 g/mol. The number of carbonyl (C=O) groups is 1. The van der Waals surface area contributed by atoms with Gasteiger partial charge in [0.1, 0.15) is 11.5 Å². The molecule has 0 saturated carbocycles. The first kappa shape index (κ1) is 18.2. The zero-order valence-corrected chi connectivity index (χ0v) is 15.8. The van der Waals surface area contributed by atoms with Crippen LogP contribution in [-0.4, -0.2) is 33.9 Å².